The molecule has 0 aliphatic rings. The minimum absolute atomic E-state index is 0.00451. The molecule has 0 radical (unpaired) electrons. The van der Waals surface area contributed by atoms with Gasteiger partial charge in [0, 0.05) is 20.7 Å². The average molecular weight is 227 g/mol. The molecule has 0 amide bonds. The smallest absolute Gasteiger partial charge is 0.329 e. The topological polar surface area (TPSA) is 107 Å². The Labute approximate surface area is 92.2 Å². The van der Waals surface area contributed by atoms with E-state index in [9.17, 15) is 10.1 Å². The second-order valence-electron chi connectivity index (χ2n) is 3.11. The number of nitrogens with zero attached hydrogens (tertiary/aromatic N) is 4. The molecule has 2 N–H and O–H groups in total. The third-order valence-electron chi connectivity index (χ3n) is 1.96. The third kappa shape index (κ3) is 2.76. The maximum Gasteiger partial charge on any atom is 0.329 e. The highest BCUT2D eigenvalue weighted by molar-refractivity contribution is 5.57. The summed E-state index contributed by atoms with van der Waals surface area (Å²) in [7, 11) is 3.23. The molecule has 0 aliphatic heterocycles. The van der Waals surface area contributed by atoms with Gasteiger partial charge in [0.15, 0.2) is 0 Å². The Bertz CT molecular complexity index is 384. The van der Waals surface area contributed by atoms with Crippen molar-refractivity contribution in [1.82, 2.24) is 9.97 Å². The zero-order chi connectivity index (χ0) is 12.1. The van der Waals surface area contributed by atoms with Crippen molar-refractivity contribution < 1.29 is 9.66 Å². The van der Waals surface area contributed by atoms with Gasteiger partial charge < -0.3 is 15.4 Å². The van der Waals surface area contributed by atoms with Crippen LogP contribution in [0.3, 0.4) is 0 Å². The van der Waals surface area contributed by atoms with E-state index in [-0.39, 0.29) is 17.5 Å². The largest absolute Gasteiger partial charge is 0.383 e. The minimum atomic E-state index is -0.544. The summed E-state index contributed by atoms with van der Waals surface area (Å²) in [5, 5.41) is 10.7. The number of aromatic nitrogens is 2. The average Bonchev–Trinajstić information content (AvgIpc) is 2.25. The van der Waals surface area contributed by atoms with Crippen LogP contribution in [0.15, 0.2) is 6.20 Å². The molecule has 0 aromatic carbocycles. The predicted octanol–water partition coefficient (Wildman–Crippen LogP) is 0.0496. The number of anilines is 2. The van der Waals surface area contributed by atoms with Gasteiger partial charge in [-0.2, -0.15) is 4.98 Å². The van der Waals surface area contributed by atoms with Crippen molar-refractivity contribution in [3.8, 4) is 0 Å². The van der Waals surface area contributed by atoms with Crippen molar-refractivity contribution in [2.24, 2.45) is 0 Å². The first-order valence-electron chi connectivity index (χ1n) is 4.53. The van der Waals surface area contributed by atoms with Crippen molar-refractivity contribution in [2.45, 2.75) is 0 Å². The highest BCUT2D eigenvalue weighted by Crippen LogP contribution is 2.23. The number of methoxy groups -OCH3 is 1. The van der Waals surface area contributed by atoms with Crippen LogP contribution in [0.1, 0.15) is 0 Å². The monoisotopic (exact) mass is 227 g/mol. The Morgan fingerprint density at radius 3 is 2.94 bits per heavy atom. The number of nitrogen functional groups attached to an aromatic ring is 1. The summed E-state index contributed by atoms with van der Waals surface area (Å²) < 4.78 is 4.88. The van der Waals surface area contributed by atoms with Gasteiger partial charge in [-0.15, -0.1) is 0 Å². The fourth-order valence-electron chi connectivity index (χ4n) is 1.12. The van der Waals surface area contributed by atoms with E-state index in [4.69, 9.17) is 10.5 Å². The standard InChI is InChI=1S/C8H13N5O3/c1-12(3-4-16-2)7-6(13(14)15)5-10-8(9)11-7/h5H,3-4H2,1-2H3,(H2,9,10,11). The Kier molecular flexibility index (Phi) is 3.95. The fourth-order valence-corrected chi connectivity index (χ4v) is 1.12. The quantitative estimate of drug-likeness (QED) is 0.559. The molecule has 0 saturated carbocycles. The van der Waals surface area contributed by atoms with Crippen LogP contribution in [0.2, 0.25) is 0 Å². The Morgan fingerprint density at radius 1 is 1.69 bits per heavy atom. The van der Waals surface area contributed by atoms with E-state index < -0.39 is 4.92 Å². The van der Waals surface area contributed by atoms with Gasteiger partial charge in [0.25, 0.3) is 0 Å². The number of hydrogen-bond acceptors (Lipinski definition) is 7. The van der Waals surface area contributed by atoms with Gasteiger partial charge in [0.1, 0.15) is 6.20 Å². The molecule has 0 saturated heterocycles. The summed E-state index contributed by atoms with van der Waals surface area (Å²) in [6, 6.07) is 0. The lowest BCUT2D eigenvalue weighted by Crippen LogP contribution is -2.24. The molecule has 0 atom stereocenters. The van der Waals surface area contributed by atoms with E-state index in [1.54, 1.807) is 19.1 Å². The van der Waals surface area contributed by atoms with Crippen molar-refractivity contribution in [3.05, 3.63) is 16.3 Å². The molecular formula is C8H13N5O3. The van der Waals surface area contributed by atoms with Crippen LogP contribution in [0, 0.1) is 10.1 Å². The number of rotatable bonds is 5. The molecule has 0 fully saturated rings. The van der Waals surface area contributed by atoms with Crippen molar-refractivity contribution >= 4 is 17.5 Å². The second-order valence-corrected chi connectivity index (χ2v) is 3.11. The van der Waals surface area contributed by atoms with Gasteiger partial charge >= 0.3 is 5.69 Å². The molecule has 8 heteroatoms. The maximum absolute atomic E-state index is 10.7. The molecule has 0 bridgehead atoms. The van der Waals surface area contributed by atoms with E-state index in [2.05, 4.69) is 9.97 Å². The summed E-state index contributed by atoms with van der Waals surface area (Å²) in [6.45, 7) is 0.922. The van der Waals surface area contributed by atoms with E-state index in [1.807, 2.05) is 0 Å². The van der Waals surface area contributed by atoms with E-state index in [0.29, 0.717) is 13.2 Å². The fraction of sp³-hybridized carbons (Fsp3) is 0.500. The summed E-state index contributed by atoms with van der Waals surface area (Å²) in [4.78, 5) is 19.2. The van der Waals surface area contributed by atoms with Gasteiger partial charge in [-0.25, -0.2) is 4.98 Å². The molecule has 16 heavy (non-hydrogen) atoms. The Morgan fingerprint density at radius 2 is 2.38 bits per heavy atom. The van der Waals surface area contributed by atoms with E-state index in [1.165, 1.54) is 0 Å². The summed E-state index contributed by atoms with van der Waals surface area (Å²) in [6.07, 6.45) is 1.10. The van der Waals surface area contributed by atoms with Crippen LogP contribution < -0.4 is 10.6 Å². The van der Waals surface area contributed by atoms with Gasteiger partial charge in [-0.3, -0.25) is 10.1 Å². The first-order valence-corrected chi connectivity index (χ1v) is 4.53. The molecule has 88 valence electrons. The predicted molar refractivity (Wildman–Crippen MR) is 58.2 cm³/mol. The molecule has 1 rings (SSSR count). The van der Waals surface area contributed by atoms with Crippen LogP contribution >= 0.6 is 0 Å². The van der Waals surface area contributed by atoms with Gasteiger partial charge in [-0.1, -0.05) is 0 Å². The lowest BCUT2D eigenvalue weighted by atomic mass is 10.4. The molecule has 1 aromatic rings. The van der Waals surface area contributed by atoms with Crippen molar-refractivity contribution in [3.63, 3.8) is 0 Å². The van der Waals surface area contributed by atoms with Crippen molar-refractivity contribution in [1.29, 1.82) is 0 Å². The molecule has 1 aromatic heterocycles. The summed E-state index contributed by atoms with van der Waals surface area (Å²) in [5.74, 6) is 0.194. The summed E-state index contributed by atoms with van der Waals surface area (Å²) >= 11 is 0. The number of nitrogens with two attached hydrogens (primary N) is 1. The molecule has 0 unspecified atom stereocenters. The zero-order valence-electron chi connectivity index (χ0n) is 9.08. The first kappa shape index (κ1) is 12.1. The van der Waals surface area contributed by atoms with Crippen molar-refractivity contribution in [2.75, 3.05) is 37.9 Å². The third-order valence-corrected chi connectivity index (χ3v) is 1.96. The Hall–Kier alpha value is -1.96. The van der Waals surface area contributed by atoms with Gasteiger partial charge in [0.2, 0.25) is 11.8 Å². The van der Waals surface area contributed by atoms with Crippen LogP contribution in [0.25, 0.3) is 0 Å². The van der Waals surface area contributed by atoms with Crippen LogP contribution in [0.4, 0.5) is 17.5 Å². The number of likely N-dealkylation sites (N-methyl/N-ethyl adjacent to an activating group) is 1. The highest BCUT2D eigenvalue weighted by Gasteiger charge is 2.19. The molecule has 8 nitrogen and oxygen atoms in total. The zero-order valence-corrected chi connectivity index (χ0v) is 9.08. The SMILES string of the molecule is COCCN(C)c1nc(N)ncc1[N+](=O)[O-]. The van der Waals surface area contributed by atoms with Gasteiger partial charge in [0.05, 0.1) is 11.5 Å². The number of hydrogen-bond donors (Lipinski definition) is 1. The normalized spacial score (nSPS) is 10.1. The number of ether oxygens (including phenoxy) is 1. The van der Waals surface area contributed by atoms with E-state index in [0.717, 1.165) is 6.20 Å². The number of nitro groups is 1. The maximum atomic E-state index is 10.7. The Balaban J connectivity index is 2.99. The molecule has 0 aliphatic carbocycles. The lowest BCUT2D eigenvalue weighted by molar-refractivity contribution is -0.384. The second kappa shape index (κ2) is 5.21. The summed E-state index contributed by atoms with van der Waals surface area (Å²) in [5.41, 5.74) is 5.22. The molecule has 0 spiro atoms. The first-order chi connectivity index (χ1) is 7.56. The molecule has 1 heterocycles. The van der Waals surface area contributed by atoms with Crippen LogP contribution in [-0.4, -0.2) is 42.2 Å². The molecular weight excluding hydrogens is 214 g/mol. The van der Waals surface area contributed by atoms with E-state index >= 15 is 0 Å². The van der Waals surface area contributed by atoms with Crippen LogP contribution in [0.5, 0.6) is 0 Å². The van der Waals surface area contributed by atoms with Crippen LogP contribution in [-0.2, 0) is 4.74 Å². The van der Waals surface area contributed by atoms with Gasteiger partial charge in [-0.05, 0) is 0 Å². The highest BCUT2D eigenvalue weighted by atomic mass is 16.6. The minimum Gasteiger partial charge on any atom is -0.383 e. The lowest BCUT2D eigenvalue weighted by Gasteiger charge is -2.17.